The van der Waals surface area contributed by atoms with E-state index in [1.54, 1.807) is 35.0 Å². The summed E-state index contributed by atoms with van der Waals surface area (Å²) in [7, 11) is -1.50. The van der Waals surface area contributed by atoms with Gasteiger partial charge < -0.3 is 19.1 Å². The molecule has 1 saturated carbocycles. The van der Waals surface area contributed by atoms with Crippen LogP contribution in [0.25, 0.3) is 16.9 Å². The minimum atomic E-state index is -3.10. The normalized spacial score (nSPS) is 17.4. The number of methoxy groups -OCH3 is 1. The highest BCUT2D eigenvalue weighted by Gasteiger charge is 2.30. The number of pyridine rings is 1. The fourth-order valence-corrected chi connectivity index (χ4v) is 6.04. The molecule has 0 spiro atoms. The van der Waals surface area contributed by atoms with E-state index >= 15 is 0 Å². The van der Waals surface area contributed by atoms with Crippen LogP contribution in [0.5, 0.6) is 17.2 Å². The standard InChI is InChI=1S/C27H31F2N3O6S/c1-36-23-14-19(15-24(38-27(28)29)26(23)22(33)13-18-3-4-18)21-17-30-25-16-20(5-7-32(21)25)37-10-2-6-31-8-11-39(34,35)12-9-31/h5,7,14-18,27H,2-4,6,8-13H2,1H3. The molecule has 2 aromatic heterocycles. The third-order valence-corrected chi connectivity index (χ3v) is 8.67. The average molecular weight is 564 g/mol. The number of alkyl halides is 2. The SMILES string of the molecule is COc1cc(-c2cnc3cc(OCCCN4CCS(=O)(=O)CC4)ccn23)cc(OC(F)F)c1C(=O)CC1CC1. The van der Waals surface area contributed by atoms with Gasteiger partial charge in [-0.3, -0.25) is 9.20 Å². The molecule has 2 aliphatic rings. The van der Waals surface area contributed by atoms with Crippen LogP contribution in [0.1, 0.15) is 36.0 Å². The molecule has 0 amide bonds. The zero-order valence-electron chi connectivity index (χ0n) is 21.6. The van der Waals surface area contributed by atoms with Crippen molar-refractivity contribution in [1.29, 1.82) is 0 Å². The van der Waals surface area contributed by atoms with Crippen molar-refractivity contribution in [3.05, 3.63) is 42.2 Å². The molecule has 0 N–H and O–H groups in total. The summed E-state index contributed by atoms with van der Waals surface area (Å²) in [5.41, 5.74) is 1.74. The maximum atomic E-state index is 13.3. The molecule has 9 nitrogen and oxygen atoms in total. The maximum Gasteiger partial charge on any atom is 0.387 e. The first-order valence-electron chi connectivity index (χ1n) is 13.0. The van der Waals surface area contributed by atoms with Gasteiger partial charge in [0.2, 0.25) is 0 Å². The van der Waals surface area contributed by atoms with Crippen LogP contribution in [-0.4, -0.2) is 80.0 Å². The zero-order chi connectivity index (χ0) is 27.6. The molecule has 12 heteroatoms. The number of hydrogen-bond acceptors (Lipinski definition) is 8. The van der Waals surface area contributed by atoms with Crippen molar-refractivity contribution in [3.63, 3.8) is 0 Å². The van der Waals surface area contributed by atoms with Crippen molar-refractivity contribution in [3.8, 4) is 28.5 Å². The molecule has 0 bridgehead atoms. The Morgan fingerprint density at radius 3 is 2.59 bits per heavy atom. The van der Waals surface area contributed by atoms with Crippen molar-refractivity contribution in [2.24, 2.45) is 5.92 Å². The number of nitrogens with zero attached hydrogens (tertiary/aromatic N) is 3. The lowest BCUT2D eigenvalue weighted by Crippen LogP contribution is -2.40. The number of ether oxygens (including phenoxy) is 3. The van der Waals surface area contributed by atoms with Gasteiger partial charge >= 0.3 is 6.61 Å². The Morgan fingerprint density at radius 2 is 1.90 bits per heavy atom. The predicted molar refractivity (Wildman–Crippen MR) is 141 cm³/mol. The molecular weight excluding hydrogens is 532 g/mol. The van der Waals surface area contributed by atoms with Crippen molar-refractivity contribution in [2.45, 2.75) is 32.3 Å². The number of aromatic nitrogens is 2. The summed E-state index contributed by atoms with van der Waals surface area (Å²) in [4.78, 5) is 19.5. The predicted octanol–water partition coefficient (Wildman–Crippen LogP) is 4.09. The monoisotopic (exact) mass is 563 g/mol. The van der Waals surface area contributed by atoms with Gasteiger partial charge in [-0.1, -0.05) is 0 Å². The third kappa shape index (κ3) is 6.67. The number of fused-ring (bicyclic) bond motifs is 1. The highest BCUT2D eigenvalue weighted by Crippen LogP contribution is 2.40. The number of carbonyl (C=O) groups is 1. The Bertz CT molecular complexity index is 1440. The van der Waals surface area contributed by atoms with E-state index in [4.69, 9.17) is 14.2 Å². The number of ketones is 1. The van der Waals surface area contributed by atoms with Gasteiger partial charge in [-0.15, -0.1) is 0 Å². The van der Waals surface area contributed by atoms with E-state index < -0.39 is 16.4 Å². The van der Waals surface area contributed by atoms with E-state index in [2.05, 4.69) is 9.88 Å². The molecule has 1 aromatic carbocycles. The van der Waals surface area contributed by atoms with E-state index in [-0.39, 0.29) is 46.7 Å². The van der Waals surface area contributed by atoms with Gasteiger partial charge in [-0.05, 0) is 43.4 Å². The molecule has 0 unspecified atom stereocenters. The molecule has 1 aliphatic heterocycles. The largest absolute Gasteiger partial charge is 0.496 e. The summed E-state index contributed by atoms with van der Waals surface area (Å²) in [6, 6.07) is 6.62. The number of hydrogen-bond donors (Lipinski definition) is 0. The van der Waals surface area contributed by atoms with Crippen molar-refractivity contribution < 1.29 is 36.2 Å². The van der Waals surface area contributed by atoms with Crippen LogP contribution in [-0.2, 0) is 9.84 Å². The lowest BCUT2D eigenvalue weighted by atomic mass is 10.00. The number of imidazole rings is 1. The average Bonchev–Trinajstić information content (AvgIpc) is 3.61. The van der Waals surface area contributed by atoms with Crippen LogP contribution in [0.15, 0.2) is 36.7 Å². The first-order valence-corrected chi connectivity index (χ1v) is 14.8. The lowest BCUT2D eigenvalue weighted by Gasteiger charge is -2.26. The van der Waals surface area contributed by atoms with Crippen molar-refractivity contribution in [2.75, 3.05) is 44.9 Å². The van der Waals surface area contributed by atoms with Crippen LogP contribution in [0.2, 0.25) is 0 Å². The van der Waals surface area contributed by atoms with E-state index in [0.717, 1.165) is 25.8 Å². The molecule has 0 radical (unpaired) electrons. The fraction of sp³-hybridized carbons (Fsp3) is 0.481. The molecule has 0 atom stereocenters. The van der Waals surface area contributed by atoms with E-state index in [0.29, 0.717) is 42.4 Å². The summed E-state index contributed by atoms with van der Waals surface area (Å²) in [5, 5.41) is 0. The summed E-state index contributed by atoms with van der Waals surface area (Å²) in [6.07, 6.45) is 6.31. The third-order valence-electron chi connectivity index (χ3n) is 7.06. The molecule has 2 fully saturated rings. The molecule has 5 rings (SSSR count). The van der Waals surface area contributed by atoms with Gasteiger partial charge in [-0.2, -0.15) is 8.78 Å². The van der Waals surface area contributed by atoms with Gasteiger partial charge in [0.05, 0.1) is 37.1 Å². The minimum absolute atomic E-state index is 0.0316. The smallest absolute Gasteiger partial charge is 0.387 e. The van der Waals surface area contributed by atoms with Gasteiger partial charge in [0, 0.05) is 43.9 Å². The Balaban J connectivity index is 1.30. The number of benzene rings is 1. The van der Waals surface area contributed by atoms with Crippen LogP contribution < -0.4 is 14.2 Å². The topological polar surface area (TPSA) is 99.4 Å². The molecule has 3 heterocycles. The van der Waals surface area contributed by atoms with Crippen LogP contribution >= 0.6 is 0 Å². The molecule has 1 saturated heterocycles. The van der Waals surface area contributed by atoms with Gasteiger partial charge in [0.25, 0.3) is 0 Å². The summed E-state index contributed by atoms with van der Waals surface area (Å²) >= 11 is 0. The molecule has 3 aromatic rings. The van der Waals surface area contributed by atoms with E-state index in [9.17, 15) is 22.0 Å². The van der Waals surface area contributed by atoms with E-state index in [1.165, 1.54) is 13.2 Å². The van der Waals surface area contributed by atoms with Crippen LogP contribution in [0.3, 0.4) is 0 Å². The highest BCUT2D eigenvalue weighted by atomic mass is 32.2. The summed E-state index contributed by atoms with van der Waals surface area (Å²) in [5.74, 6) is 0.992. The molecule has 39 heavy (non-hydrogen) atoms. The van der Waals surface area contributed by atoms with E-state index in [1.807, 2.05) is 0 Å². The number of rotatable bonds is 12. The second kappa shape index (κ2) is 11.5. The Hall–Kier alpha value is -3.25. The maximum absolute atomic E-state index is 13.3. The number of Topliss-reactive ketones (excluding diaryl/α,β-unsaturated/α-hetero) is 1. The van der Waals surface area contributed by atoms with Crippen LogP contribution in [0, 0.1) is 5.92 Å². The number of halogens is 2. The van der Waals surface area contributed by atoms with Crippen molar-refractivity contribution >= 4 is 21.3 Å². The Kier molecular flexibility index (Phi) is 8.03. The van der Waals surface area contributed by atoms with Crippen LogP contribution in [0.4, 0.5) is 8.78 Å². The van der Waals surface area contributed by atoms with Gasteiger partial charge in [-0.25, -0.2) is 13.4 Å². The summed E-state index contributed by atoms with van der Waals surface area (Å²) < 4.78 is 67.6. The quantitative estimate of drug-likeness (QED) is 0.240. The Morgan fingerprint density at radius 1 is 1.15 bits per heavy atom. The first-order chi connectivity index (χ1) is 18.7. The van der Waals surface area contributed by atoms with Gasteiger partial charge in [0.1, 0.15) is 28.5 Å². The van der Waals surface area contributed by atoms with Gasteiger partial charge in [0.15, 0.2) is 15.6 Å². The second-order valence-corrected chi connectivity index (χ2v) is 12.2. The first kappa shape index (κ1) is 27.3. The minimum Gasteiger partial charge on any atom is -0.496 e. The molecule has 1 aliphatic carbocycles. The zero-order valence-corrected chi connectivity index (χ0v) is 22.5. The summed E-state index contributed by atoms with van der Waals surface area (Å²) in [6.45, 7) is -0.766. The Labute approximate surface area is 225 Å². The number of carbonyl (C=O) groups excluding carboxylic acids is 1. The van der Waals surface area contributed by atoms with Crippen molar-refractivity contribution in [1.82, 2.24) is 14.3 Å². The highest BCUT2D eigenvalue weighted by molar-refractivity contribution is 7.91. The second-order valence-electron chi connectivity index (χ2n) is 9.93. The number of sulfone groups is 1. The lowest BCUT2D eigenvalue weighted by molar-refractivity contribution is -0.0502. The molecule has 210 valence electrons. The molecular formula is C27H31F2N3O6S. The fourth-order valence-electron chi connectivity index (χ4n) is 4.77.